The standard InChI is InChI=1S/C41H49N3O4S/c1-3-4-21-46-24-25-48-38-14-9-32(10-15-38)33-11-16-40-35(27-33)28-34(17-20-44(40)30-39-6-5-26-49-39)41(45)42-36-12-7-31(8-13-36)29-43(2)37-18-22-47-23-19-37/h5-16,26-28,37H,3-4,17-25,29-30H2,1-2H3,(H,42,45). The van der Waals surface area contributed by atoms with Crippen LogP contribution < -0.4 is 15.0 Å². The van der Waals surface area contributed by atoms with E-state index < -0.39 is 0 Å². The minimum absolute atomic E-state index is 0.0541. The largest absolute Gasteiger partial charge is 0.491 e. The van der Waals surface area contributed by atoms with Crippen molar-refractivity contribution in [2.24, 2.45) is 0 Å². The van der Waals surface area contributed by atoms with Crippen LogP contribution in [-0.4, -0.2) is 63.5 Å². The van der Waals surface area contributed by atoms with E-state index in [0.29, 0.717) is 25.7 Å². The van der Waals surface area contributed by atoms with E-state index in [1.54, 1.807) is 11.3 Å². The van der Waals surface area contributed by atoms with Gasteiger partial charge in [0, 0.05) is 60.8 Å². The van der Waals surface area contributed by atoms with E-state index in [4.69, 9.17) is 14.2 Å². The third kappa shape index (κ3) is 9.82. The summed E-state index contributed by atoms with van der Waals surface area (Å²) in [6, 6.07) is 27.9. The van der Waals surface area contributed by atoms with E-state index in [2.05, 4.69) is 95.1 Å². The summed E-state index contributed by atoms with van der Waals surface area (Å²) in [6.45, 7) is 8.20. The van der Waals surface area contributed by atoms with Crippen LogP contribution in [-0.2, 0) is 27.4 Å². The molecule has 1 fully saturated rings. The fourth-order valence-electron chi connectivity index (χ4n) is 6.47. The van der Waals surface area contributed by atoms with Crippen LogP contribution >= 0.6 is 11.3 Å². The first-order valence-corrected chi connectivity index (χ1v) is 18.5. The molecule has 2 aliphatic rings. The summed E-state index contributed by atoms with van der Waals surface area (Å²) in [5.41, 5.74) is 7.22. The Bertz CT molecular complexity index is 1650. The first-order valence-electron chi connectivity index (χ1n) is 17.7. The van der Waals surface area contributed by atoms with Crippen LogP contribution in [0.1, 0.15) is 55.0 Å². The molecular weight excluding hydrogens is 631 g/mol. The van der Waals surface area contributed by atoms with Gasteiger partial charge in [0.25, 0.3) is 5.91 Å². The summed E-state index contributed by atoms with van der Waals surface area (Å²) < 4.78 is 17.0. The van der Waals surface area contributed by atoms with Gasteiger partial charge in [0.1, 0.15) is 12.4 Å². The zero-order valence-corrected chi connectivity index (χ0v) is 29.7. The van der Waals surface area contributed by atoms with Crippen molar-refractivity contribution in [1.29, 1.82) is 0 Å². The SMILES string of the molecule is CCCCOCCOc1ccc(-c2ccc3c(c2)C=C(C(=O)Nc2ccc(CN(C)C4CCOCC4)cc2)CCN3Cc2cccs2)cc1. The molecular formula is C41H49N3O4S. The van der Waals surface area contributed by atoms with Gasteiger partial charge < -0.3 is 24.4 Å². The average Bonchev–Trinajstić information content (AvgIpc) is 3.58. The number of rotatable bonds is 15. The third-order valence-electron chi connectivity index (χ3n) is 9.35. The number of hydrogen-bond donors (Lipinski definition) is 1. The molecule has 0 unspecified atom stereocenters. The zero-order valence-electron chi connectivity index (χ0n) is 28.9. The summed E-state index contributed by atoms with van der Waals surface area (Å²) in [4.78, 5) is 19.8. The molecule has 0 saturated carbocycles. The smallest absolute Gasteiger partial charge is 0.251 e. The second kappa shape index (κ2) is 17.6. The number of nitrogens with zero attached hydrogens (tertiary/aromatic N) is 2. The third-order valence-corrected chi connectivity index (χ3v) is 10.2. The first kappa shape index (κ1) is 34.9. The Kier molecular flexibility index (Phi) is 12.6. The van der Waals surface area contributed by atoms with Crippen molar-refractivity contribution in [3.05, 3.63) is 106 Å². The molecule has 49 heavy (non-hydrogen) atoms. The van der Waals surface area contributed by atoms with Crippen LogP contribution in [0.5, 0.6) is 5.75 Å². The Hall–Kier alpha value is -3.95. The second-order valence-corrected chi connectivity index (χ2v) is 14.0. The highest BCUT2D eigenvalue weighted by atomic mass is 32.1. The Balaban J connectivity index is 1.15. The number of nitrogens with one attached hydrogen (secondary N) is 1. The summed E-state index contributed by atoms with van der Waals surface area (Å²) >= 11 is 1.76. The lowest BCUT2D eigenvalue weighted by molar-refractivity contribution is -0.112. The monoisotopic (exact) mass is 679 g/mol. The second-order valence-electron chi connectivity index (χ2n) is 12.9. The van der Waals surface area contributed by atoms with Gasteiger partial charge >= 0.3 is 0 Å². The van der Waals surface area contributed by atoms with Crippen LogP contribution in [0.15, 0.2) is 89.8 Å². The van der Waals surface area contributed by atoms with Crippen molar-refractivity contribution in [3.63, 3.8) is 0 Å². The molecule has 0 aliphatic carbocycles. The number of carbonyl (C=O) groups is 1. The number of ether oxygens (including phenoxy) is 3. The Morgan fingerprint density at radius 1 is 0.980 bits per heavy atom. The van der Waals surface area contributed by atoms with Crippen LogP contribution in [0, 0.1) is 0 Å². The van der Waals surface area contributed by atoms with Crippen LogP contribution in [0.4, 0.5) is 11.4 Å². The maximum atomic E-state index is 13.7. The molecule has 3 aromatic carbocycles. The highest BCUT2D eigenvalue weighted by molar-refractivity contribution is 7.09. The lowest BCUT2D eigenvalue weighted by atomic mass is 10.00. The highest BCUT2D eigenvalue weighted by Gasteiger charge is 2.22. The molecule has 3 heterocycles. The predicted octanol–water partition coefficient (Wildman–Crippen LogP) is 8.65. The van der Waals surface area contributed by atoms with Crippen molar-refractivity contribution in [2.45, 2.75) is 58.2 Å². The average molecular weight is 680 g/mol. The number of anilines is 2. The topological polar surface area (TPSA) is 63.3 Å². The van der Waals surface area contributed by atoms with Gasteiger partial charge in [0.15, 0.2) is 0 Å². The summed E-state index contributed by atoms with van der Waals surface area (Å²) in [5, 5.41) is 5.30. The highest BCUT2D eigenvalue weighted by Crippen LogP contribution is 2.34. The fraction of sp³-hybridized carbons (Fsp3) is 0.390. The van der Waals surface area contributed by atoms with Gasteiger partial charge in [-0.2, -0.15) is 0 Å². The normalized spacial score (nSPS) is 15.1. The molecule has 1 saturated heterocycles. The Labute approximate surface area is 295 Å². The van der Waals surface area contributed by atoms with Gasteiger partial charge in [-0.25, -0.2) is 0 Å². The number of unbranched alkanes of at least 4 members (excludes halogenated alkanes) is 1. The number of carbonyl (C=O) groups excluding carboxylic acids is 1. The van der Waals surface area contributed by atoms with Crippen molar-refractivity contribution in [2.75, 3.05) is 56.8 Å². The van der Waals surface area contributed by atoms with E-state index in [0.717, 1.165) is 105 Å². The van der Waals surface area contributed by atoms with Crippen LogP contribution in [0.2, 0.25) is 0 Å². The van der Waals surface area contributed by atoms with E-state index in [9.17, 15) is 4.79 Å². The van der Waals surface area contributed by atoms with Gasteiger partial charge in [-0.15, -0.1) is 11.3 Å². The first-order chi connectivity index (χ1) is 24.1. The van der Waals surface area contributed by atoms with Gasteiger partial charge in [-0.3, -0.25) is 9.69 Å². The number of fused-ring (bicyclic) bond motifs is 1. The number of hydrogen-bond acceptors (Lipinski definition) is 7. The van der Waals surface area contributed by atoms with Crippen molar-refractivity contribution >= 4 is 34.7 Å². The lowest BCUT2D eigenvalue weighted by Crippen LogP contribution is -2.36. The van der Waals surface area contributed by atoms with E-state index in [-0.39, 0.29) is 5.91 Å². The lowest BCUT2D eigenvalue weighted by Gasteiger charge is -2.31. The van der Waals surface area contributed by atoms with Crippen molar-refractivity contribution < 1.29 is 19.0 Å². The Morgan fingerprint density at radius 3 is 2.53 bits per heavy atom. The molecule has 1 N–H and O–H groups in total. The summed E-state index contributed by atoms with van der Waals surface area (Å²) in [5.74, 6) is 0.777. The summed E-state index contributed by atoms with van der Waals surface area (Å²) in [7, 11) is 2.19. The zero-order chi connectivity index (χ0) is 33.8. The van der Waals surface area contributed by atoms with Crippen LogP contribution in [0.3, 0.4) is 0 Å². The predicted molar refractivity (Wildman–Crippen MR) is 201 cm³/mol. The molecule has 6 rings (SSSR count). The van der Waals surface area contributed by atoms with E-state index in [1.165, 1.54) is 10.4 Å². The molecule has 7 nitrogen and oxygen atoms in total. The maximum Gasteiger partial charge on any atom is 0.251 e. The van der Waals surface area contributed by atoms with Gasteiger partial charge in [-0.1, -0.05) is 49.7 Å². The van der Waals surface area contributed by atoms with Gasteiger partial charge in [0.05, 0.1) is 13.2 Å². The maximum absolute atomic E-state index is 13.7. The molecule has 2 aliphatic heterocycles. The molecule has 8 heteroatoms. The number of thiophene rings is 1. The quantitative estimate of drug-likeness (QED) is 0.127. The van der Waals surface area contributed by atoms with E-state index in [1.807, 2.05) is 24.3 Å². The molecule has 0 spiro atoms. The molecule has 0 atom stereocenters. The molecule has 0 radical (unpaired) electrons. The molecule has 1 aromatic heterocycles. The molecule has 1 amide bonds. The minimum atomic E-state index is -0.0541. The van der Waals surface area contributed by atoms with Crippen molar-refractivity contribution in [1.82, 2.24) is 4.90 Å². The molecule has 4 aromatic rings. The van der Waals surface area contributed by atoms with Crippen LogP contribution in [0.25, 0.3) is 17.2 Å². The Morgan fingerprint density at radius 2 is 1.78 bits per heavy atom. The van der Waals surface area contributed by atoms with E-state index >= 15 is 0 Å². The number of amides is 1. The van der Waals surface area contributed by atoms with Gasteiger partial charge in [0.2, 0.25) is 0 Å². The summed E-state index contributed by atoms with van der Waals surface area (Å²) in [6.07, 6.45) is 7.09. The van der Waals surface area contributed by atoms with Gasteiger partial charge in [-0.05, 0) is 109 Å². The minimum Gasteiger partial charge on any atom is -0.491 e. The fourth-order valence-corrected chi connectivity index (χ4v) is 7.19. The van der Waals surface area contributed by atoms with Crippen molar-refractivity contribution in [3.8, 4) is 16.9 Å². The molecule has 258 valence electrons. The molecule has 0 bridgehead atoms. The number of benzene rings is 3.